The molecule has 0 aromatic heterocycles. The zero-order valence-corrected chi connectivity index (χ0v) is 7.73. The highest BCUT2D eigenvalue weighted by Crippen LogP contribution is 2.58. The molecule has 0 aromatic rings. The van der Waals surface area contributed by atoms with Gasteiger partial charge in [0.05, 0.1) is 6.10 Å². The first-order chi connectivity index (χ1) is 5.29. The second kappa shape index (κ2) is 2.63. The summed E-state index contributed by atoms with van der Waals surface area (Å²) >= 11 is 5.95. The highest BCUT2D eigenvalue weighted by atomic mass is 35.5. The first-order valence-electron chi connectivity index (χ1n) is 4.47. The van der Waals surface area contributed by atoms with Crippen molar-refractivity contribution in [2.24, 2.45) is 11.3 Å². The lowest BCUT2D eigenvalue weighted by Crippen LogP contribution is -2.24. The summed E-state index contributed by atoms with van der Waals surface area (Å²) in [6.07, 6.45) is 4.23. The quantitative estimate of drug-likeness (QED) is 0.585. The highest BCUT2D eigenvalue weighted by Gasteiger charge is 2.56. The summed E-state index contributed by atoms with van der Waals surface area (Å²) < 4.78 is 5.66. The van der Waals surface area contributed by atoms with Gasteiger partial charge in [-0.3, -0.25) is 0 Å². The normalized spacial score (nSPS) is 49.6. The van der Waals surface area contributed by atoms with Crippen LogP contribution < -0.4 is 0 Å². The minimum Gasteiger partial charge on any atom is -0.378 e. The van der Waals surface area contributed by atoms with Crippen LogP contribution in [0.2, 0.25) is 0 Å². The molecule has 0 N–H and O–H groups in total. The van der Waals surface area contributed by atoms with Crippen molar-refractivity contribution in [3.8, 4) is 0 Å². The van der Waals surface area contributed by atoms with Crippen LogP contribution in [-0.2, 0) is 4.74 Å². The molecule has 1 aliphatic heterocycles. The summed E-state index contributed by atoms with van der Waals surface area (Å²) in [5, 5.41) is 0. The van der Waals surface area contributed by atoms with Gasteiger partial charge in [0.1, 0.15) is 0 Å². The van der Waals surface area contributed by atoms with Crippen LogP contribution in [-0.4, -0.2) is 18.6 Å². The Kier molecular flexibility index (Phi) is 1.89. The van der Waals surface area contributed by atoms with E-state index in [9.17, 15) is 0 Å². The molecule has 1 heterocycles. The van der Waals surface area contributed by atoms with Crippen LogP contribution in [0.1, 0.15) is 26.2 Å². The average molecular weight is 175 g/mol. The Morgan fingerprint density at radius 3 is 2.73 bits per heavy atom. The molecule has 1 aliphatic carbocycles. The third-order valence-corrected chi connectivity index (χ3v) is 3.82. The summed E-state index contributed by atoms with van der Waals surface area (Å²) in [7, 11) is 0. The SMILES string of the molecule is CC1CC1(CCl)C1CCCO1. The van der Waals surface area contributed by atoms with E-state index in [1.807, 2.05) is 0 Å². The molecule has 2 rings (SSSR count). The zero-order valence-electron chi connectivity index (χ0n) is 6.98. The van der Waals surface area contributed by atoms with Crippen molar-refractivity contribution in [2.45, 2.75) is 32.3 Å². The highest BCUT2D eigenvalue weighted by molar-refractivity contribution is 6.18. The fourth-order valence-electron chi connectivity index (χ4n) is 2.26. The Morgan fingerprint density at radius 1 is 1.64 bits per heavy atom. The van der Waals surface area contributed by atoms with E-state index in [4.69, 9.17) is 16.3 Å². The van der Waals surface area contributed by atoms with E-state index in [1.54, 1.807) is 0 Å². The number of alkyl halides is 1. The van der Waals surface area contributed by atoms with Crippen molar-refractivity contribution < 1.29 is 4.74 Å². The molecule has 0 bridgehead atoms. The maximum absolute atomic E-state index is 5.95. The molecular weight excluding hydrogens is 160 g/mol. The Balaban J connectivity index is 2.01. The van der Waals surface area contributed by atoms with Gasteiger partial charge in [0.15, 0.2) is 0 Å². The van der Waals surface area contributed by atoms with Gasteiger partial charge in [0.2, 0.25) is 0 Å². The number of hydrogen-bond acceptors (Lipinski definition) is 1. The summed E-state index contributed by atoms with van der Waals surface area (Å²) in [4.78, 5) is 0. The molecule has 64 valence electrons. The van der Waals surface area contributed by atoms with Gasteiger partial charge in [-0.25, -0.2) is 0 Å². The van der Waals surface area contributed by atoms with Gasteiger partial charge < -0.3 is 4.74 Å². The van der Waals surface area contributed by atoms with E-state index in [2.05, 4.69) is 6.92 Å². The largest absolute Gasteiger partial charge is 0.378 e. The molecule has 1 saturated carbocycles. The van der Waals surface area contributed by atoms with Gasteiger partial charge in [-0.2, -0.15) is 0 Å². The van der Waals surface area contributed by atoms with Gasteiger partial charge in [-0.05, 0) is 25.2 Å². The van der Waals surface area contributed by atoms with Crippen molar-refractivity contribution in [3.05, 3.63) is 0 Å². The number of rotatable bonds is 2. The van der Waals surface area contributed by atoms with Crippen LogP contribution >= 0.6 is 11.6 Å². The maximum atomic E-state index is 5.95. The van der Waals surface area contributed by atoms with Gasteiger partial charge in [0, 0.05) is 17.9 Å². The third kappa shape index (κ3) is 1.09. The van der Waals surface area contributed by atoms with Crippen LogP contribution in [0.4, 0.5) is 0 Å². The predicted octanol–water partition coefficient (Wildman–Crippen LogP) is 2.43. The van der Waals surface area contributed by atoms with Crippen molar-refractivity contribution in [1.29, 1.82) is 0 Å². The van der Waals surface area contributed by atoms with Crippen LogP contribution in [0, 0.1) is 11.3 Å². The summed E-state index contributed by atoms with van der Waals surface area (Å²) in [5.41, 5.74) is 0.373. The van der Waals surface area contributed by atoms with E-state index in [-0.39, 0.29) is 0 Å². The molecule has 3 unspecified atom stereocenters. The fraction of sp³-hybridized carbons (Fsp3) is 1.00. The molecule has 1 nitrogen and oxygen atoms in total. The monoisotopic (exact) mass is 174 g/mol. The number of ether oxygens (including phenoxy) is 1. The molecule has 0 amide bonds. The Bertz CT molecular complexity index is 150. The first kappa shape index (κ1) is 7.88. The lowest BCUT2D eigenvalue weighted by molar-refractivity contribution is 0.0545. The topological polar surface area (TPSA) is 9.23 Å². The van der Waals surface area contributed by atoms with Gasteiger partial charge >= 0.3 is 0 Å². The molecule has 3 atom stereocenters. The summed E-state index contributed by atoms with van der Waals surface area (Å²) in [6, 6.07) is 0. The van der Waals surface area contributed by atoms with Crippen LogP contribution in [0.5, 0.6) is 0 Å². The second-order valence-electron chi connectivity index (χ2n) is 3.97. The minimum absolute atomic E-state index is 0.373. The van der Waals surface area contributed by atoms with Crippen LogP contribution in [0.25, 0.3) is 0 Å². The number of halogens is 1. The van der Waals surface area contributed by atoms with Crippen molar-refractivity contribution >= 4 is 11.6 Å². The Hall–Kier alpha value is 0.250. The fourth-order valence-corrected chi connectivity index (χ4v) is 2.81. The van der Waals surface area contributed by atoms with Gasteiger partial charge in [0.25, 0.3) is 0 Å². The minimum atomic E-state index is 0.373. The summed E-state index contributed by atoms with van der Waals surface area (Å²) in [5.74, 6) is 1.59. The molecule has 0 aromatic carbocycles. The van der Waals surface area contributed by atoms with E-state index >= 15 is 0 Å². The molecule has 2 fully saturated rings. The lowest BCUT2D eigenvalue weighted by Gasteiger charge is -2.20. The van der Waals surface area contributed by atoms with Crippen molar-refractivity contribution in [3.63, 3.8) is 0 Å². The molecule has 11 heavy (non-hydrogen) atoms. The van der Waals surface area contributed by atoms with E-state index < -0.39 is 0 Å². The molecule has 1 saturated heterocycles. The van der Waals surface area contributed by atoms with Crippen LogP contribution in [0.15, 0.2) is 0 Å². The first-order valence-corrected chi connectivity index (χ1v) is 5.00. The van der Waals surface area contributed by atoms with E-state index in [0.29, 0.717) is 11.5 Å². The lowest BCUT2D eigenvalue weighted by atomic mass is 9.96. The van der Waals surface area contributed by atoms with E-state index in [0.717, 1.165) is 18.4 Å². The van der Waals surface area contributed by atoms with E-state index in [1.165, 1.54) is 19.3 Å². The Morgan fingerprint density at radius 2 is 2.36 bits per heavy atom. The molecule has 0 radical (unpaired) electrons. The van der Waals surface area contributed by atoms with Crippen molar-refractivity contribution in [1.82, 2.24) is 0 Å². The molecular formula is C9H15ClO. The van der Waals surface area contributed by atoms with Gasteiger partial charge in [-0.1, -0.05) is 6.92 Å². The maximum Gasteiger partial charge on any atom is 0.0646 e. The standard InChI is InChI=1S/C9H15ClO/c1-7-5-9(7,6-10)8-3-2-4-11-8/h7-8H,2-6H2,1H3. The third-order valence-electron chi connectivity index (χ3n) is 3.33. The van der Waals surface area contributed by atoms with Crippen molar-refractivity contribution in [2.75, 3.05) is 12.5 Å². The average Bonchev–Trinajstić information content (AvgIpc) is 2.55. The number of hydrogen-bond donors (Lipinski definition) is 0. The van der Waals surface area contributed by atoms with Gasteiger partial charge in [-0.15, -0.1) is 11.6 Å². The molecule has 2 aliphatic rings. The molecule has 2 heteroatoms. The predicted molar refractivity (Wildman–Crippen MR) is 45.9 cm³/mol. The van der Waals surface area contributed by atoms with Crippen LogP contribution in [0.3, 0.4) is 0 Å². The smallest absolute Gasteiger partial charge is 0.0646 e. The second-order valence-corrected chi connectivity index (χ2v) is 4.24. The Labute approximate surface area is 73.1 Å². The zero-order chi connectivity index (χ0) is 7.90. The summed E-state index contributed by atoms with van der Waals surface area (Å²) in [6.45, 7) is 3.24. The molecule has 0 spiro atoms.